The fourth-order valence-electron chi connectivity index (χ4n) is 1.86. The van der Waals surface area contributed by atoms with Crippen LogP contribution in [0.15, 0.2) is 42.6 Å². The van der Waals surface area contributed by atoms with Crippen LogP contribution < -0.4 is 0 Å². The average molecular weight is 232 g/mol. The minimum absolute atomic E-state index is 0.575. The van der Waals surface area contributed by atoms with Gasteiger partial charge in [0.25, 0.3) is 0 Å². The topological polar surface area (TPSA) is 12.9 Å². The number of rotatable bonds is 3. The molecule has 1 aromatic carbocycles. The van der Waals surface area contributed by atoms with Gasteiger partial charge in [-0.25, -0.2) is 4.98 Å². The van der Waals surface area contributed by atoms with Crippen molar-refractivity contribution in [1.82, 2.24) is 4.98 Å². The third-order valence-electron chi connectivity index (χ3n) is 2.59. The summed E-state index contributed by atoms with van der Waals surface area (Å²) in [6.45, 7) is 2.18. The number of nitrogens with zero attached hydrogens (tertiary/aromatic N) is 1. The Morgan fingerprint density at radius 3 is 2.56 bits per heavy atom. The van der Waals surface area contributed by atoms with Crippen molar-refractivity contribution >= 4 is 11.6 Å². The van der Waals surface area contributed by atoms with E-state index in [-0.39, 0.29) is 0 Å². The van der Waals surface area contributed by atoms with Crippen molar-refractivity contribution in [3.05, 3.63) is 53.3 Å². The molecule has 0 spiro atoms. The van der Waals surface area contributed by atoms with E-state index in [2.05, 4.69) is 30.1 Å². The Kier molecular flexibility index (Phi) is 3.58. The Labute approximate surface area is 101 Å². The van der Waals surface area contributed by atoms with Crippen LogP contribution in [-0.2, 0) is 6.42 Å². The van der Waals surface area contributed by atoms with Crippen LogP contribution in [0.25, 0.3) is 11.1 Å². The highest BCUT2D eigenvalue weighted by molar-refractivity contribution is 6.32. The van der Waals surface area contributed by atoms with Crippen LogP contribution in [0.4, 0.5) is 0 Å². The van der Waals surface area contributed by atoms with E-state index in [0.29, 0.717) is 5.15 Å². The zero-order valence-electron chi connectivity index (χ0n) is 9.28. The fraction of sp³-hybridized carbons (Fsp3) is 0.214. The van der Waals surface area contributed by atoms with Gasteiger partial charge in [0.1, 0.15) is 5.15 Å². The second kappa shape index (κ2) is 5.13. The highest BCUT2D eigenvalue weighted by Gasteiger charge is 2.07. The van der Waals surface area contributed by atoms with Gasteiger partial charge in [0.2, 0.25) is 0 Å². The van der Waals surface area contributed by atoms with Gasteiger partial charge >= 0.3 is 0 Å². The van der Waals surface area contributed by atoms with E-state index >= 15 is 0 Å². The summed E-state index contributed by atoms with van der Waals surface area (Å²) in [7, 11) is 0. The highest BCUT2D eigenvalue weighted by atomic mass is 35.5. The summed E-state index contributed by atoms with van der Waals surface area (Å²) < 4.78 is 0. The number of halogens is 1. The molecule has 0 aliphatic rings. The molecule has 0 atom stereocenters. The van der Waals surface area contributed by atoms with Gasteiger partial charge in [0, 0.05) is 11.8 Å². The quantitative estimate of drug-likeness (QED) is 0.716. The predicted octanol–water partition coefficient (Wildman–Crippen LogP) is 4.35. The number of aryl methyl sites for hydroxylation is 1. The van der Waals surface area contributed by atoms with E-state index in [0.717, 1.165) is 18.4 Å². The van der Waals surface area contributed by atoms with Crippen LogP contribution in [0.1, 0.15) is 18.9 Å². The molecule has 0 bridgehead atoms. The fourth-order valence-corrected chi connectivity index (χ4v) is 2.08. The van der Waals surface area contributed by atoms with Crippen molar-refractivity contribution in [1.29, 1.82) is 0 Å². The molecule has 0 aliphatic carbocycles. The Morgan fingerprint density at radius 1 is 1.06 bits per heavy atom. The Bertz CT molecular complexity index is 480. The molecule has 0 radical (unpaired) electrons. The van der Waals surface area contributed by atoms with Crippen LogP contribution >= 0.6 is 11.6 Å². The van der Waals surface area contributed by atoms with Gasteiger partial charge in [-0.15, -0.1) is 0 Å². The third-order valence-corrected chi connectivity index (χ3v) is 2.89. The monoisotopic (exact) mass is 231 g/mol. The van der Waals surface area contributed by atoms with Crippen LogP contribution in [0.2, 0.25) is 5.15 Å². The Balaban J connectivity index is 2.51. The van der Waals surface area contributed by atoms with Crippen molar-refractivity contribution in [2.24, 2.45) is 0 Å². The normalized spacial score (nSPS) is 10.4. The Morgan fingerprint density at radius 2 is 1.81 bits per heavy atom. The largest absolute Gasteiger partial charge is 0.244 e. The summed E-state index contributed by atoms with van der Waals surface area (Å²) >= 11 is 6.12. The van der Waals surface area contributed by atoms with Gasteiger partial charge in [0.15, 0.2) is 0 Å². The minimum Gasteiger partial charge on any atom is -0.244 e. The molecular formula is C14H14ClN. The molecule has 2 rings (SSSR count). The van der Waals surface area contributed by atoms with Gasteiger partial charge < -0.3 is 0 Å². The van der Waals surface area contributed by atoms with Crippen molar-refractivity contribution in [3.8, 4) is 11.1 Å². The second-order valence-corrected chi connectivity index (χ2v) is 4.11. The number of benzene rings is 1. The van der Waals surface area contributed by atoms with Crippen LogP contribution in [0.3, 0.4) is 0 Å². The summed E-state index contributed by atoms with van der Waals surface area (Å²) in [5.41, 5.74) is 3.55. The molecule has 16 heavy (non-hydrogen) atoms. The molecule has 2 heteroatoms. The number of hydrogen-bond donors (Lipinski definition) is 0. The molecule has 0 unspecified atom stereocenters. The molecule has 0 N–H and O–H groups in total. The molecule has 0 fully saturated rings. The van der Waals surface area contributed by atoms with E-state index in [1.165, 1.54) is 11.1 Å². The summed E-state index contributed by atoms with van der Waals surface area (Å²) in [4.78, 5) is 4.12. The van der Waals surface area contributed by atoms with Gasteiger partial charge in [-0.1, -0.05) is 49.2 Å². The second-order valence-electron chi connectivity index (χ2n) is 3.75. The summed E-state index contributed by atoms with van der Waals surface area (Å²) in [5.74, 6) is 0. The third kappa shape index (κ3) is 2.25. The maximum Gasteiger partial charge on any atom is 0.136 e. The van der Waals surface area contributed by atoms with E-state index in [1.54, 1.807) is 6.20 Å². The standard InChI is InChI=1S/C14H14ClN/c1-2-6-11-7-3-4-8-12(11)13-9-5-10-16-14(13)15/h3-5,7-10H,2,6H2,1H3. The van der Waals surface area contributed by atoms with Crippen molar-refractivity contribution in [3.63, 3.8) is 0 Å². The van der Waals surface area contributed by atoms with Crippen LogP contribution in [0, 0.1) is 0 Å². The molecule has 1 nitrogen and oxygen atoms in total. The molecule has 1 aromatic heterocycles. The van der Waals surface area contributed by atoms with Crippen LogP contribution in [-0.4, -0.2) is 4.98 Å². The molecule has 1 heterocycles. The van der Waals surface area contributed by atoms with Crippen LogP contribution in [0.5, 0.6) is 0 Å². The summed E-state index contributed by atoms with van der Waals surface area (Å²) in [6, 6.07) is 12.3. The lowest BCUT2D eigenvalue weighted by Gasteiger charge is -2.09. The SMILES string of the molecule is CCCc1ccccc1-c1cccnc1Cl. The van der Waals surface area contributed by atoms with Crippen molar-refractivity contribution < 1.29 is 0 Å². The minimum atomic E-state index is 0.575. The number of hydrogen-bond acceptors (Lipinski definition) is 1. The maximum atomic E-state index is 6.12. The van der Waals surface area contributed by atoms with E-state index < -0.39 is 0 Å². The lowest BCUT2D eigenvalue weighted by atomic mass is 9.98. The zero-order valence-corrected chi connectivity index (χ0v) is 10.0. The molecule has 82 valence electrons. The van der Waals surface area contributed by atoms with E-state index in [1.807, 2.05) is 18.2 Å². The van der Waals surface area contributed by atoms with Crippen molar-refractivity contribution in [2.45, 2.75) is 19.8 Å². The van der Waals surface area contributed by atoms with Gasteiger partial charge in [-0.05, 0) is 29.7 Å². The predicted molar refractivity (Wildman–Crippen MR) is 68.7 cm³/mol. The van der Waals surface area contributed by atoms with Gasteiger partial charge in [-0.3, -0.25) is 0 Å². The number of pyridine rings is 1. The lowest BCUT2D eigenvalue weighted by Crippen LogP contribution is -1.90. The highest BCUT2D eigenvalue weighted by Crippen LogP contribution is 2.29. The summed E-state index contributed by atoms with van der Waals surface area (Å²) in [6.07, 6.45) is 3.92. The maximum absolute atomic E-state index is 6.12. The lowest BCUT2D eigenvalue weighted by molar-refractivity contribution is 0.923. The summed E-state index contributed by atoms with van der Waals surface area (Å²) in [5, 5.41) is 0.575. The van der Waals surface area contributed by atoms with Gasteiger partial charge in [-0.2, -0.15) is 0 Å². The average Bonchev–Trinajstić information content (AvgIpc) is 2.31. The van der Waals surface area contributed by atoms with Crippen molar-refractivity contribution in [2.75, 3.05) is 0 Å². The molecule has 0 amide bonds. The molecule has 2 aromatic rings. The smallest absolute Gasteiger partial charge is 0.136 e. The first kappa shape index (κ1) is 11.2. The van der Waals surface area contributed by atoms with E-state index in [4.69, 9.17) is 11.6 Å². The first-order valence-corrected chi connectivity index (χ1v) is 5.89. The molecule has 0 aliphatic heterocycles. The Hall–Kier alpha value is -1.34. The molecular weight excluding hydrogens is 218 g/mol. The first-order chi connectivity index (χ1) is 7.83. The molecule has 0 saturated carbocycles. The van der Waals surface area contributed by atoms with Gasteiger partial charge in [0.05, 0.1) is 0 Å². The number of aromatic nitrogens is 1. The van der Waals surface area contributed by atoms with E-state index in [9.17, 15) is 0 Å². The zero-order chi connectivity index (χ0) is 11.4. The first-order valence-electron chi connectivity index (χ1n) is 5.51. The molecule has 0 saturated heterocycles.